The molecule has 172 valence electrons. The first-order valence-corrected chi connectivity index (χ1v) is 10.4. The third-order valence-corrected chi connectivity index (χ3v) is 5.24. The van der Waals surface area contributed by atoms with Gasteiger partial charge in [0.1, 0.15) is 11.5 Å². The van der Waals surface area contributed by atoms with Gasteiger partial charge < -0.3 is 19.7 Å². The summed E-state index contributed by atoms with van der Waals surface area (Å²) in [6, 6.07) is 9.59. The van der Waals surface area contributed by atoms with E-state index >= 15 is 0 Å². The van der Waals surface area contributed by atoms with Crippen molar-refractivity contribution in [3.05, 3.63) is 48.0 Å². The number of carbonyl (C=O) groups excluding carboxylic acids is 2. The van der Waals surface area contributed by atoms with Crippen LogP contribution in [0.15, 0.2) is 42.5 Å². The molecule has 0 aromatic heterocycles. The molecule has 6 nitrogen and oxygen atoms in total. The Hall–Kier alpha value is -3.23. The Morgan fingerprint density at radius 2 is 1.69 bits per heavy atom. The Labute approximate surface area is 184 Å². The number of halogens is 3. The Morgan fingerprint density at radius 3 is 2.25 bits per heavy atom. The van der Waals surface area contributed by atoms with E-state index in [9.17, 15) is 22.8 Å². The van der Waals surface area contributed by atoms with Gasteiger partial charge in [-0.1, -0.05) is 0 Å². The van der Waals surface area contributed by atoms with E-state index in [2.05, 4.69) is 5.32 Å². The van der Waals surface area contributed by atoms with Gasteiger partial charge in [0, 0.05) is 25.9 Å². The molecule has 1 fully saturated rings. The zero-order valence-corrected chi connectivity index (χ0v) is 17.9. The van der Waals surface area contributed by atoms with E-state index in [1.165, 1.54) is 13.0 Å². The molecule has 0 saturated carbocycles. The van der Waals surface area contributed by atoms with Crippen molar-refractivity contribution in [1.29, 1.82) is 0 Å². The molecule has 1 heterocycles. The predicted octanol–water partition coefficient (Wildman–Crippen LogP) is 5.09. The van der Waals surface area contributed by atoms with Gasteiger partial charge >= 0.3 is 6.18 Å². The quantitative estimate of drug-likeness (QED) is 0.666. The molecule has 9 heteroatoms. The zero-order chi connectivity index (χ0) is 23.3. The third-order valence-electron chi connectivity index (χ3n) is 5.24. The van der Waals surface area contributed by atoms with E-state index in [0.717, 1.165) is 12.1 Å². The molecule has 0 atom stereocenters. The number of hydrogen-bond acceptors (Lipinski definition) is 4. The van der Waals surface area contributed by atoms with E-state index in [-0.39, 0.29) is 17.3 Å². The number of anilines is 1. The Bertz CT molecular complexity index is 953. The normalized spacial score (nSPS) is 14.7. The van der Waals surface area contributed by atoms with Crippen LogP contribution in [-0.4, -0.2) is 36.4 Å². The van der Waals surface area contributed by atoms with Crippen LogP contribution < -0.4 is 14.8 Å². The van der Waals surface area contributed by atoms with Crippen LogP contribution >= 0.6 is 0 Å². The summed E-state index contributed by atoms with van der Waals surface area (Å²) >= 11 is 0. The van der Waals surface area contributed by atoms with Crippen molar-refractivity contribution in [2.24, 2.45) is 5.92 Å². The highest BCUT2D eigenvalue weighted by molar-refractivity contribution is 5.94. The van der Waals surface area contributed by atoms with Gasteiger partial charge in [0.2, 0.25) is 11.8 Å². The van der Waals surface area contributed by atoms with E-state index in [1.54, 1.807) is 29.2 Å². The maximum atomic E-state index is 13.2. The van der Waals surface area contributed by atoms with Crippen LogP contribution in [0.1, 0.15) is 32.3 Å². The molecule has 1 aliphatic heterocycles. The minimum Gasteiger partial charge on any atom is -0.494 e. The first-order valence-electron chi connectivity index (χ1n) is 10.4. The van der Waals surface area contributed by atoms with E-state index in [0.29, 0.717) is 44.0 Å². The Kier molecular flexibility index (Phi) is 7.27. The fraction of sp³-hybridized carbons (Fsp3) is 0.391. The second-order valence-electron chi connectivity index (χ2n) is 7.48. The molecular formula is C23H25F3N2O4. The summed E-state index contributed by atoms with van der Waals surface area (Å²) in [5, 5.41) is 2.60. The lowest BCUT2D eigenvalue weighted by molar-refractivity contribution is -0.137. The molecule has 2 amide bonds. The van der Waals surface area contributed by atoms with Gasteiger partial charge in [-0.05, 0) is 62.2 Å². The lowest BCUT2D eigenvalue weighted by Gasteiger charge is -2.30. The summed E-state index contributed by atoms with van der Waals surface area (Å²) in [4.78, 5) is 25.9. The second-order valence-corrected chi connectivity index (χ2v) is 7.48. The monoisotopic (exact) mass is 450 g/mol. The highest BCUT2D eigenvalue weighted by Gasteiger charge is 2.32. The first-order chi connectivity index (χ1) is 15.2. The van der Waals surface area contributed by atoms with Gasteiger partial charge in [0.05, 0.1) is 17.9 Å². The average molecular weight is 450 g/mol. The van der Waals surface area contributed by atoms with Crippen LogP contribution in [0.2, 0.25) is 0 Å². The van der Waals surface area contributed by atoms with Crippen LogP contribution in [-0.2, 0) is 15.8 Å². The van der Waals surface area contributed by atoms with Crippen LogP contribution in [0.25, 0.3) is 0 Å². The molecule has 1 N–H and O–H groups in total. The molecule has 0 bridgehead atoms. The SMILES string of the molecule is CCOc1ccc(Oc2ccc(C(F)(F)F)cc2NC(=O)C2CCN(C(C)=O)CC2)cc1. The topological polar surface area (TPSA) is 67.9 Å². The molecule has 0 unspecified atom stereocenters. The summed E-state index contributed by atoms with van der Waals surface area (Å²) in [7, 11) is 0. The van der Waals surface area contributed by atoms with Crippen molar-refractivity contribution in [1.82, 2.24) is 4.90 Å². The van der Waals surface area contributed by atoms with Crippen molar-refractivity contribution in [2.45, 2.75) is 32.9 Å². The highest BCUT2D eigenvalue weighted by Crippen LogP contribution is 2.37. The number of amides is 2. The van der Waals surface area contributed by atoms with Crippen LogP contribution in [0, 0.1) is 5.92 Å². The van der Waals surface area contributed by atoms with E-state index in [4.69, 9.17) is 9.47 Å². The van der Waals surface area contributed by atoms with Crippen molar-refractivity contribution in [3.63, 3.8) is 0 Å². The number of benzene rings is 2. The molecule has 0 spiro atoms. The lowest BCUT2D eigenvalue weighted by Crippen LogP contribution is -2.40. The smallest absolute Gasteiger partial charge is 0.416 e. The molecule has 3 rings (SSSR count). The third kappa shape index (κ3) is 5.93. The number of ether oxygens (including phenoxy) is 2. The Balaban J connectivity index is 1.79. The molecule has 0 radical (unpaired) electrons. The number of piperidine rings is 1. The number of hydrogen-bond donors (Lipinski definition) is 1. The summed E-state index contributed by atoms with van der Waals surface area (Å²) in [5.74, 6) is 0.253. The van der Waals surface area contributed by atoms with Gasteiger partial charge in [0.25, 0.3) is 0 Å². The first kappa shape index (κ1) is 23.4. The van der Waals surface area contributed by atoms with Gasteiger partial charge in [0.15, 0.2) is 5.75 Å². The van der Waals surface area contributed by atoms with Gasteiger partial charge in [-0.2, -0.15) is 13.2 Å². The molecule has 2 aromatic rings. The van der Waals surface area contributed by atoms with Crippen LogP contribution in [0.3, 0.4) is 0 Å². The second kappa shape index (κ2) is 9.93. The van der Waals surface area contributed by atoms with Crippen LogP contribution in [0.4, 0.5) is 18.9 Å². The van der Waals surface area contributed by atoms with Crippen molar-refractivity contribution < 1.29 is 32.2 Å². The Morgan fingerprint density at radius 1 is 1.06 bits per heavy atom. The fourth-order valence-electron chi connectivity index (χ4n) is 3.48. The number of rotatable bonds is 6. The predicted molar refractivity (Wildman–Crippen MR) is 113 cm³/mol. The maximum absolute atomic E-state index is 13.2. The number of likely N-dealkylation sites (tertiary alicyclic amines) is 1. The summed E-state index contributed by atoms with van der Waals surface area (Å²) in [6.07, 6.45) is -3.68. The van der Waals surface area contributed by atoms with Crippen molar-refractivity contribution in [3.8, 4) is 17.2 Å². The number of nitrogens with zero attached hydrogens (tertiary/aromatic N) is 1. The fourth-order valence-corrected chi connectivity index (χ4v) is 3.48. The number of nitrogens with one attached hydrogen (secondary N) is 1. The number of alkyl halides is 3. The van der Waals surface area contributed by atoms with Crippen molar-refractivity contribution in [2.75, 3.05) is 25.0 Å². The van der Waals surface area contributed by atoms with Gasteiger partial charge in [-0.15, -0.1) is 0 Å². The summed E-state index contributed by atoms with van der Waals surface area (Å²) in [5.41, 5.74) is -0.953. The zero-order valence-electron chi connectivity index (χ0n) is 17.9. The molecule has 1 saturated heterocycles. The van der Waals surface area contributed by atoms with Gasteiger partial charge in [-0.25, -0.2) is 0 Å². The average Bonchev–Trinajstić information content (AvgIpc) is 2.75. The summed E-state index contributed by atoms with van der Waals surface area (Å²) < 4.78 is 50.9. The maximum Gasteiger partial charge on any atom is 0.416 e. The van der Waals surface area contributed by atoms with E-state index in [1.807, 2.05) is 6.92 Å². The van der Waals surface area contributed by atoms with E-state index < -0.39 is 23.6 Å². The molecular weight excluding hydrogens is 425 g/mol. The van der Waals surface area contributed by atoms with Gasteiger partial charge in [-0.3, -0.25) is 9.59 Å². The van der Waals surface area contributed by atoms with Crippen LogP contribution in [0.5, 0.6) is 17.2 Å². The van der Waals surface area contributed by atoms with Crippen molar-refractivity contribution >= 4 is 17.5 Å². The summed E-state index contributed by atoms with van der Waals surface area (Å²) in [6.45, 7) is 4.69. The molecule has 1 aliphatic rings. The molecule has 32 heavy (non-hydrogen) atoms. The molecule has 2 aromatic carbocycles. The largest absolute Gasteiger partial charge is 0.494 e. The minimum atomic E-state index is -4.57. The highest BCUT2D eigenvalue weighted by atomic mass is 19.4. The minimum absolute atomic E-state index is 0.0622. The lowest BCUT2D eigenvalue weighted by atomic mass is 9.95. The standard InChI is InChI=1S/C23H25F3N2O4/c1-3-31-18-5-7-19(8-6-18)32-21-9-4-17(23(24,25)26)14-20(21)27-22(30)16-10-12-28(13-11-16)15(2)29/h4-9,14,16H,3,10-13H2,1-2H3,(H,27,30). The number of carbonyl (C=O) groups is 2. The molecule has 0 aliphatic carbocycles.